The summed E-state index contributed by atoms with van der Waals surface area (Å²) in [6, 6.07) is 9.73. The van der Waals surface area contributed by atoms with Crippen molar-refractivity contribution in [2.75, 3.05) is 13.1 Å². The molecule has 7 nitrogen and oxygen atoms in total. The van der Waals surface area contributed by atoms with Gasteiger partial charge in [-0.25, -0.2) is 4.98 Å². The van der Waals surface area contributed by atoms with Gasteiger partial charge >= 0.3 is 5.97 Å². The second-order valence-corrected chi connectivity index (χ2v) is 7.58. The van der Waals surface area contributed by atoms with E-state index in [0.717, 1.165) is 29.0 Å². The van der Waals surface area contributed by atoms with Crippen LogP contribution in [0.3, 0.4) is 0 Å². The molecule has 0 atom stereocenters. The van der Waals surface area contributed by atoms with Gasteiger partial charge in [0.15, 0.2) is 0 Å². The van der Waals surface area contributed by atoms with Crippen molar-refractivity contribution in [2.45, 2.75) is 40.0 Å². The summed E-state index contributed by atoms with van der Waals surface area (Å²) in [7, 11) is 0. The molecule has 1 fully saturated rings. The maximum absolute atomic E-state index is 10.9. The number of pyridine rings is 1. The van der Waals surface area contributed by atoms with Crippen molar-refractivity contribution in [3.8, 4) is 17.7 Å². The molecule has 1 aromatic carbocycles. The average molecular weight is 395 g/mol. The van der Waals surface area contributed by atoms with E-state index >= 15 is 0 Å². The van der Waals surface area contributed by atoms with Crippen LogP contribution in [-0.2, 0) is 17.9 Å². The smallest absolute Gasteiger partial charge is 0.309 e. The molecule has 1 aliphatic rings. The lowest BCUT2D eigenvalue weighted by atomic mass is 9.98. The highest BCUT2D eigenvalue weighted by Gasteiger charge is 2.32. The number of nitrogens with zero attached hydrogens (tertiary/aromatic N) is 3. The van der Waals surface area contributed by atoms with Gasteiger partial charge in [0.25, 0.3) is 0 Å². The number of ether oxygens (including phenoxy) is 2. The molecule has 0 spiro atoms. The largest absolute Gasteiger partial charge is 0.489 e. The highest BCUT2D eigenvalue weighted by Crippen LogP contribution is 2.24. The van der Waals surface area contributed by atoms with E-state index in [1.54, 1.807) is 12.3 Å². The molecule has 0 radical (unpaired) electrons. The number of likely N-dealkylation sites (tertiary alicyclic amines) is 1. The van der Waals surface area contributed by atoms with E-state index in [1.807, 2.05) is 39.0 Å². The van der Waals surface area contributed by atoms with E-state index in [-0.39, 0.29) is 12.0 Å². The summed E-state index contributed by atoms with van der Waals surface area (Å²) in [6.07, 6.45) is 1.60. The third-order valence-electron chi connectivity index (χ3n) is 4.80. The standard InChI is InChI=1S/C22H25N3O4/c1-14(2)29-21-18(8-23)7-16(9-24-21)13-28-20-5-4-17(15(3)6-20)10-25-11-19(12-25)22(26)27/h4-7,9,14,19H,10-13H2,1-3H3,(H,26,27). The lowest BCUT2D eigenvalue weighted by molar-refractivity contribution is -0.147. The highest BCUT2D eigenvalue weighted by molar-refractivity contribution is 5.71. The first-order chi connectivity index (χ1) is 13.9. The van der Waals surface area contributed by atoms with Crippen LogP contribution in [0.25, 0.3) is 0 Å². The van der Waals surface area contributed by atoms with E-state index in [0.29, 0.717) is 31.1 Å². The van der Waals surface area contributed by atoms with Crippen molar-refractivity contribution >= 4 is 5.97 Å². The molecule has 3 rings (SSSR count). The van der Waals surface area contributed by atoms with Crippen molar-refractivity contribution < 1.29 is 19.4 Å². The first kappa shape index (κ1) is 20.6. The topological polar surface area (TPSA) is 95.7 Å². The first-order valence-corrected chi connectivity index (χ1v) is 9.59. The van der Waals surface area contributed by atoms with Gasteiger partial charge in [-0.15, -0.1) is 0 Å². The number of carbonyl (C=O) groups is 1. The summed E-state index contributed by atoms with van der Waals surface area (Å²) < 4.78 is 11.4. The molecule has 1 aromatic heterocycles. The number of carboxylic acids is 1. The third kappa shape index (κ3) is 5.24. The number of carboxylic acid groups (broad SMARTS) is 1. The van der Waals surface area contributed by atoms with Gasteiger partial charge in [-0.05, 0) is 50.1 Å². The molecule has 0 saturated carbocycles. The number of aromatic nitrogens is 1. The zero-order chi connectivity index (χ0) is 21.0. The van der Waals surface area contributed by atoms with E-state index in [2.05, 4.69) is 16.0 Å². The van der Waals surface area contributed by atoms with E-state index in [4.69, 9.17) is 14.6 Å². The maximum Gasteiger partial charge on any atom is 0.309 e. The van der Waals surface area contributed by atoms with Crippen molar-refractivity contribution in [3.05, 3.63) is 52.7 Å². The Labute approximate surface area is 170 Å². The Hall–Kier alpha value is -3.11. The van der Waals surface area contributed by atoms with Crippen LogP contribution in [0.4, 0.5) is 0 Å². The number of hydrogen-bond donors (Lipinski definition) is 1. The van der Waals surface area contributed by atoms with Crippen LogP contribution in [0.1, 0.15) is 36.1 Å². The number of nitriles is 1. The lowest BCUT2D eigenvalue weighted by Gasteiger charge is -2.36. The molecule has 0 unspecified atom stereocenters. The highest BCUT2D eigenvalue weighted by atomic mass is 16.5. The predicted octanol–water partition coefficient (Wildman–Crippen LogP) is 3.14. The van der Waals surface area contributed by atoms with Crippen molar-refractivity contribution in [2.24, 2.45) is 5.92 Å². The zero-order valence-electron chi connectivity index (χ0n) is 16.9. The fourth-order valence-corrected chi connectivity index (χ4v) is 3.17. The molecule has 2 aromatic rings. The summed E-state index contributed by atoms with van der Waals surface area (Å²) in [5.41, 5.74) is 3.43. The Balaban J connectivity index is 1.58. The first-order valence-electron chi connectivity index (χ1n) is 9.59. The Morgan fingerprint density at radius 2 is 2.14 bits per heavy atom. The van der Waals surface area contributed by atoms with Crippen molar-refractivity contribution in [1.29, 1.82) is 5.26 Å². The van der Waals surface area contributed by atoms with Crippen LogP contribution < -0.4 is 9.47 Å². The second-order valence-electron chi connectivity index (χ2n) is 7.58. The van der Waals surface area contributed by atoms with E-state index in [1.165, 1.54) is 0 Å². The minimum Gasteiger partial charge on any atom is -0.489 e. The molecule has 152 valence electrons. The van der Waals surface area contributed by atoms with Crippen LogP contribution in [0.15, 0.2) is 30.5 Å². The Morgan fingerprint density at radius 1 is 1.38 bits per heavy atom. The molecular weight excluding hydrogens is 370 g/mol. The maximum atomic E-state index is 10.9. The summed E-state index contributed by atoms with van der Waals surface area (Å²) in [6.45, 7) is 8.02. The van der Waals surface area contributed by atoms with Gasteiger partial charge in [-0.3, -0.25) is 9.69 Å². The van der Waals surface area contributed by atoms with Gasteiger partial charge in [0, 0.05) is 31.4 Å². The van der Waals surface area contributed by atoms with Gasteiger partial charge in [0.2, 0.25) is 5.88 Å². The molecule has 29 heavy (non-hydrogen) atoms. The Kier molecular flexibility index (Phi) is 6.35. The summed E-state index contributed by atoms with van der Waals surface area (Å²) in [5.74, 6) is 0.101. The van der Waals surface area contributed by atoms with Crippen molar-refractivity contribution in [1.82, 2.24) is 9.88 Å². The molecule has 7 heteroatoms. The lowest BCUT2D eigenvalue weighted by Crippen LogP contribution is -2.49. The predicted molar refractivity (Wildman–Crippen MR) is 107 cm³/mol. The Morgan fingerprint density at radius 3 is 2.76 bits per heavy atom. The summed E-state index contributed by atoms with van der Waals surface area (Å²) in [5, 5.41) is 18.3. The average Bonchev–Trinajstić information content (AvgIpc) is 2.64. The number of hydrogen-bond acceptors (Lipinski definition) is 6. The minimum absolute atomic E-state index is 0.0514. The third-order valence-corrected chi connectivity index (χ3v) is 4.80. The van der Waals surface area contributed by atoms with Crippen LogP contribution in [0.5, 0.6) is 11.6 Å². The van der Waals surface area contributed by atoms with Crippen molar-refractivity contribution in [3.63, 3.8) is 0 Å². The number of aliphatic carboxylic acids is 1. The van der Waals surface area contributed by atoms with Gasteiger partial charge in [-0.2, -0.15) is 5.26 Å². The SMILES string of the molecule is Cc1cc(OCc2cnc(OC(C)C)c(C#N)c2)ccc1CN1CC(C(=O)O)C1. The van der Waals surface area contributed by atoms with Crippen LogP contribution in [-0.4, -0.2) is 40.2 Å². The van der Waals surface area contributed by atoms with Crippen LogP contribution in [0, 0.1) is 24.2 Å². The van der Waals surface area contributed by atoms with E-state index in [9.17, 15) is 10.1 Å². The quantitative estimate of drug-likeness (QED) is 0.733. The number of benzene rings is 1. The fraction of sp³-hybridized carbons (Fsp3) is 0.409. The van der Waals surface area contributed by atoms with Gasteiger partial charge < -0.3 is 14.6 Å². The fourth-order valence-electron chi connectivity index (χ4n) is 3.17. The normalized spacial score (nSPS) is 14.3. The summed E-state index contributed by atoms with van der Waals surface area (Å²) in [4.78, 5) is 17.3. The number of rotatable bonds is 8. The molecule has 2 heterocycles. The summed E-state index contributed by atoms with van der Waals surface area (Å²) >= 11 is 0. The van der Waals surface area contributed by atoms with Gasteiger partial charge in [-0.1, -0.05) is 6.07 Å². The van der Waals surface area contributed by atoms with Gasteiger partial charge in [0.05, 0.1) is 12.0 Å². The molecule has 1 saturated heterocycles. The van der Waals surface area contributed by atoms with E-state index < -0.39 is 5.97 Å². The monoisotopic (exact) mass is 395 g/mol. The molecule has 1 N–H and O–H groups in total. The van der Waals surface area contributed by atoms with Crippen LogP contribution in [0.2, 0.25) is 0 Å². The molecule has 0 amide bonds. The molecule has 0 aliphatic carbocycles. The molecular formula is C22H25N3O4. The zero-order valence-corrected chi connectivity index (χ0v) is 16.9. The molecule has 1 aliphatic heterocycles. The molecule has 0 bridgehead atoms. The van der Waals surface area contributed by atoms with Crippen LogP contribution >= 0.6 is 0 Å². The number of aryl methyl sites for hydroxylation is 1. The minimum atomic E-state index is -0.723. The second kappa shape index (κ2) is 8.93. The Bertz CT molecular complexity index is 930. The van der Waals surface area contributed by atoms with Gasteiger partial charge in [0.1, 0.15) is 24.0 Å².